The van der Waals surface area contributed by atoms with E-state index < -0.39 is 15.8 Å². The molecule has 6 nitrogen and oxygen atoms in total. The summed E-state index contributed by atoms with van der Waals surface area (Å²) < 4.78 is 41.2. The van der Waals surface area contributed by atoms with E-state index in [0.29, 0.717) is 12.1 Å². The van der Waals surface area contributed by atoms with Crippen LogP contribution in [0.2, 0.25) is 0 Å². The summed E-state index contributed by atoms with van der Waals surface area (Å²) in [5.74, 6) is -0.986. The Bertz CT molecular complexity index is 947. The van der Waals surface area contributed by atoms with E-state index in [1.807, 2.05) is 0 Å². The first kappa shape index (κ1) is 22.1. The number of para-hydroxylation sites is 1. The van der Waals surface area contributed by atoms with Crippen molar-refractivity contribution in [1.82, 2.24) is 10.6 Å². The van der Waals surface area contributed by atoms with Crippen LogP contribution in [0.1, 0.15) is 28.8 Å². The van der Waals surface area contributed by atoms with Gasteiger partial charge in [0, 0.05) is 18.2 Å². The molecule has 1 fully saturated rings. The van der Waals surface area contributed by atoms with E-state index in [1.54, 1.807) is 13.0 Å². The average molecular weight is 428 g/mol. The Labute approximate surface area is 170 Å². The Hall–Kier alpha value is -2.16. The molecule has 2 aromatic rings. The lowest BCUT2D eigenvalue weighted by Gasteiger charge is -2.24. The van der Waals surface area contributed by atoms with E-state index in [-0.39, 0.29) is 40.5 Å². The van der Waals surface area contributed by atoms with Crippen molar-refractivity contribution in [2.75, 3.05) is 17.8 Å². The monoisotopic (exact) mass is 427 g/mol. The smallest absolute Gasteiger partial charge is 0.262 e. The van der Waals surface area contributed by atoms with Crippen LogP contribution in [-0.4, -0.2) is 33.5 Å². The number of rotatable bonds is 5. The highest BCUT2D eigenvalue weighted by atomic mass is 35.5. The van der Waals surface area contributed by atoms with Crippen LogP contribution in [0.5, 0.6) is 0 Å². The largest absolute Gasteiger partial charge is 0.348 e. The molecule has 152 valence electrons. The van der Waals surface area contributed by atoms with Crippen LogP contribution in [0.25, 0.3) is 0 Å². The summed E-state index contributed by atoms with van der Waals surface area (Å²) in [4.78, 5) is 12.5. The zero-order valence-electron chi connectivity index (χ0n) is 15.4. The second-order valence-corrected chi connectivity index (χ2v) is 8.26. The molecule has 2 aromatic carbocycles. The number of carbonyl (C=O) groups is 1. The first-order valence-electron chi connectivity index (χ1n) is 8.76. The number of nitrogens with one attached hydrogen (secondary N) is 3. The number of sulfonamides is 1. The van der Waals surface area contributed by atoms with Gasteiger partial charge in [-0.25, -0.2) is 12.8 Å². The van der Waals surface area contributed by atoms with Crippen LogP contribution in [0.3, 0.4) is 0 Å². The van der Waals surface area contributed by atoms with Crippen LogP contribution in [0.15, 0.2) is 47.4 Å². The molecule has 0 aromatic heterocycles. The van der Waals surface area contributed by atoms with Crippen LogP contribution >= 0.6 is 12.4 Å². The summed E-state index contributed by atoms with van der Waals surface area (Å²) in [6.45, 7) is 3.37. The van der Waals surface area contributed by atoms with Gasteiger partial charge in [0.2, 0.25) is 0 Å². The van der Waals surface area contributed by atoms with Gasteiger partial charge in [-0.2, -0.15) is 0 Å². The number of hydrogen-bond acceptors (Lipinski definition) is 4. The molecular weight excluding hydrogens is 405 g/mol. The molecule has 1 aliphatic heterocycles. The van der Waals surface area contributed by atoms with Gasteiger partial charge in [-0.3, -0.25) is 9.52 Å². The molecule has 28 heavy (non-hydrogen) atoms. The average Bonchev–Trinajstić information content (AvgIpc) is 2.64. The SMILES string of the molecule is Cc1ccc(S(=O)(=O)Nc2ccccc2F)cc1C(=O)N[C@H]1CCCNC1.Cl. The van der Waals surface area contributed by atoms with E-state index >= 15 is 0 Å². The molecule has 3 N–H and O–H groups in total. The van der Waals surface area contributed by atoms with Crippen molar-refractivity contribution in [2.24, 2.45) is 0 Å². The molecule has 9 heteroatoms. The standard InChI is InChI=1S/C19H22FN3O3S.ClH/c1-13-8-9-15(27(25,26)23-18-7-3-2-6-17(18)20)11-16(13)19(24)22-14-5-4-10-21-12-14;/h2-3,6-9,11,14,21,23H,4-5,10,12H2,1H3,(H,22,24);1H/t14-;/m0./s1. The lowest BCUT2D eigenvalue weighted by atomic mass is 10.1. The summed E-state index contributed by atoms with van der Waals surface area (Å²) in [5, 5.41) is 6.16. The third-order valence-corrected chi connectivity index (χ3v) is 5.88. The van der Waals surface area contributed by atoms with Gasteiger partial charge < -0.3 is 10.6 Å². The number of piperidine rings is 1. The van der Waals surface area contributed by atoms with Crippen molar-refractivity contribution in [3.8, 4) is 0 Å². The Morgan fingerprint density at radius 1 is 1.21 bits per heavy atom. The summed E-state index contributed by atoms with van der Waals surface area (Å²) >= 11 is 0. The maximum absolute atomic E-state index is 13.8. The molecule has 1 aliphatic rings. The predicted molar refractivity (Wildman–Crippen MR) is 109 cm³/mol. The molecule has 0 bridgehead atoms. The number of anilines is 1. The Balaban J connectivity index is 0.00000280. The van der Waals surface area contributed by atoms with E-state index in [2.05, 4.69) is 15.4 Å². The third-order valence-electron chi connectivity index (χ3n) is 4.51. The van der Waals surface area contributed by atoms with Gasteiger partial charge in [0.05, 0.1) is 10.6 Å². The number of aryl methyl sites for hydroxylation is 1. The maximum Gasteiger partial charge on any atom is 0.262 e. The van der Waals surface area contributed by atoms with Crippen molar-refractivity contribution in [2.45, 2.75) is 30.7 Å². The first-order valence-corrected chi connectivity index (χ1v) is 10.2. The first-order chi connectivity index (χ1) is 12.9. The summed E-state index contributed by atoms with van der Waals surface area (Å²) in [6.07, 6.45) is 1.86. The zero-order chi connectivity index (χ0) is 19.4. The van der Waals surface area contributed by atoms with Crippen molar-refractivity contribution >= 4 is 34.0 Å². The lowest BCUT2D eigenvalue weighted by molar-refractivity contribution is 0.0930. The fraction of sp³-hybridized carbons (Fsp3) is 0.316. The number of carbonyl (C=O) groups excluding carboxylic acids is 1. The Kier molecular flexibility index (Phi) is 7.40. The fourth-order valence-corrected chi connectivity index (χ4v) is 4.09. The van der Waals surface area contributed by atoms with E-state index in [1.165, 1.54) is 36.4 Å². The van der Waals surface area contributed by atoms with Crippen LogP contribution in [0.4, 0.5) is 10.1 Å². The molecule has 0 unspecified atom stereocenters. The molecule has 0 aliphatic carbocycles. The minimum Gasteiger partial charge on any atom is -0.348 e. The lowest BCUT2D eigenvalue weighted by Crippen LogP contribution is -2.45. The third kappa shape index (κ3) is 5.21. The molecule has 1 saturated heterocycles. The quantitative estimate of drug-likeness (QED) is 0.684. The molecule has 1 atom stereocenters. The molecular formula is C19H23ClFN3O3S. The molecule has 1 heterocycles. The normalized spacial score (nSPS) is 16.7. The highest BCUT2D eigenvalue weighted by Gasteiger charge is 2.21. The predicted octanol–water partition coefficient (Wildman–Crippen LogP) is 2.84. The van der Waals surface area contributed by atoms with Crippen LogP contribution in [0, 0.1) is 12.7 Å². The molecule has 3 rings (SSSR count). The zero-order valence-corrected chi connectivity index (χ0v) is 17.0. The van der Waals surface area contributed by atoms with Gasteiger partial charge in [-0.1, -0.05) is 18.2 Å². The topological polar surface area (TPSA) is 87.3 Å². The Morgan fingerprint density at radius 3 is 2.64 bits per heavy atom. The van der Waals surface area contributed by atoms with Crippen LogP contribution in [-0.2, 0) is 10.0 Å². The maximum atomic E-state index is 13.8. The van der Waals surface area contributed by atoms with Gasteiger partial charge >= 0.3 is 0 Å². The van der Waals surface area contributed by atoms with Gasteiger partial charge in [0.25, 0.3) is 15.9 Å². The van der Waals surface area contributed by atoms with E-state index in [9.17, 15) is 17.6 Å². The second kappa shape index (κ2) is 9.36. The van der Waals surface area contributed by atoms with Gasteiger partial charge in [0.15, 0.2) is 0 Å². The molecule has 0 radical (unpaired) electrons. The number of hydrogen-bond donors (Lipinski definition) is 3. The molecule has 1 amide bonds. The summed E-state index contributed by atoms with van der Waals surface area (Å²) in [5.41, 5.74) is 0.815. The summed E-state index contributed by atoms with van der Waals surface area (Å²) in [6, 6.07) is 9.83. The highest BCUT2D eigenvalue weighted by Crippen LogP contribution is 2.21. The van der Waals surface area contributed by atoms with E-state index in [0.717, 1.165) is 19.4 Å². The van der Waals surface area contributed by atoms with Crippen molar-refractivity contribution in [3.63, 3.8) is 0 Å². The fourth-order valence-electron chi connectivity index (χ4n) is 3.00. The van der Waals surface area contributed by atoms with E-state index in [4.69, 9.17) is 0 Å². The number of amides is 1. The van der Waals surface area contributed by atoms with Gasteiger partial charge in [-0.05, 0) is 56.1 Å². The van der Waals surface area contributed by atoms with Crippen molar-refractivity contribution < 1.29 is 17.6 Å². The van der Waals surface area contributed by atoms with Gasteiger partial charge in [-0.15, -0.1) is 12.4 Å². The number of halogens is 2. The summed E-state index contributed by atoms with van der Waals surface area (Å²) in [7, 11) is -4.02. The number of benzene rings is 2. The molecule has 0 saturated carbocycles. The van der Waals surface area contributed by atoms with Crippen LogP contribution < -0.4 is 15.4 Å². The van der Waals surface area contributed by atoms with Crippen molar-refractivity contribution in [1.29, 1.82) is 0 Å². The van der Waals surface area contributed by atoms with Gasteiger partial charge in [0.1, 0.15) is 5.82 Å². The Morgan fingerprint density at radius 2 is 1.96 bits per heavy atom. The minimum absolute atomic E-state index is 0. The van der Waals surface area contributed by atoms with Crippen molar-refractivity contribution in [3.05, 3.63) is 59.4 Å². The molecule has 0 spiro atoms. The second-order valence-electron chi connectivity index (χ2n) is 6.58. The minimum atomic E-state index is -4.02. The highest BCUT2D eigenvalue weighted by molar-refractivity contribution is 7.92.